The van der Waals surface area contributed by atoms with Gasteiger partial charge in [0.1, 0.15) is 28.5 Å². The summed E-state index contributed by atoms with van der Waals surface area (Å²) < 4.78 is 38.6. The van der Waals surface area contributed by atoms with E-state index in [4.69, 9.17) is 4.74 Å². The smallest absolute Gasteiger partial charge is 0.338 e. The number of aromatic nitrogens is 2. The number of halogens is 2. The molecular formula is C33H44F2N6O5S. The Labute approximate surface area is 278 Å². The lowest BCUT2D eigenvalue weighted by Gasteiger charge is -2.24. The summed E-state index contributed by atoms with van der Waals surface area (Å²) in [5, 5.41) is 5.19. The lowest BCUT2D eigenvalue weighted by Crippen LogP contribution is -2.43. The van der Waals surface area contributed by atoms with Crippen molar-refractivity contribution in [1.29, 1.82) is 0 Å². The SMILES string of the molecule is CC.CC.CC.COC(=O)c1ccn(-c2cc(C3=CC(C(F)F)NC=C3OC)c(C(=O)NC3NNC(C#CC4CC4)S3)cn2)c(=O)c1. The van der Waals surface area contributed by atoms with E-state index >= 15 is 0 Å². The molecule has 3 atom stereocenters. The van der Waals surface area contributed by atoms with Gasteiger partial charge in [-0.3, -0.25) is 14.2 Å². The zero-order chi connectivity index (χ0) is 35.1. The molecule has 14 heteroatoms. The minimum absolute atomic E-state index is 0.0470. The van der Waals surface area contributed by atoms with Crippen LogP contribution in [0.4, 0.5) is 8.78 Å². The highest BCUT2D eigenvalue weighted by Crippen LogP contribution is 2.32. The number of dihydropyridines is 1. The van der Waals surface area contributed by atoms with Crippen LogP contribution < -0.4 is 27.0 Å². The van der Waals surface area contributed by atoms with E-state index in [1.54, 1.807) is 0 Å². The van der Waals surface area contributed by atoms with Crippen LogP contribution >= 0.6 is 11.8 Å². The first-order valence-electron chi connectivity index (χ1n) is 15.6. The van der Waals surface area contributed by atoms with E-state index in [1.165, 1.54) is 62.8 Å². The summed E-state index contributed by atoms with van der Waals surface area (Å²) in [4.78, 5) is 42.5. The van der Waals surface area contributed by atoms with Crippen LogP contribution in [0, 0.1) is 17.8 Å². The molecule has 1 saturated carbocycles. The van der Waals surface area contributed by atoms with Gasteiger partial charge in [0.25, 0.3) is 17.9 Å². The number of thioether (sulfide) groups is 1. The molecule has 3 unspecified atom stereocenters. The zero-order valence-electron chi connectivity index (χ0n) is 27.9. The lowest BCUT2D eigenvalue weighted by molar-refractivity contribution is 0.0600. The molecule has 2 fully saturated rings. The van der Waals surface area contributed by atoms with Gasteiger partial charge in [0.15, 0.2) is 0 Å². The van der Waals surface area contributed by atoms with E-state index in [-0.39, 0.29) is 39.2 Å². The van der Waals surface area contributed by atoms with Gasteiger partial charge in [-0.25, -0.2) is 29.4 Å². The van der Waals surface area contributed by atoms with Crippen molar-refractivity contribution in [3.63, 3.8) is 0 Å². The highest BCUT2D eigenvalue weighted by Gasteiger charge is 2.30. The summed E-state index contributed by atoms with van der Waals surface area (Å²) in [5.74, 6) is 5.80. The summed E-state index contributed by atoms with van der Waals surface area (Å²) >= 11 is 1.37. The van der Waals surface area contributed by atoms with Crippen LogP contribution in [0.1, 0.15) is 80.7 Å². The number of carbonyl (C=O) groups is 2. The quantitative estimate of drug-likeness (QED) is 0.240. The zero-order valence-corrected chi connectivity index (χ0v) is 28.8. The molecule has 5 rings (SSSR count). The van der Waals surface area contributed by atoms with Gasteiger partial charge in [-0.05, 0) is 31.1 Å². The first-order chi connectivity index (χ1) is 22.8. The van der Waals surface area contributed by atoms with Crippen LogP contribution in [0.5, 0.6) is 0 Å². The van der Waals surface area contributed by atoms with E-state index in [0.29, 0.717) is 5.92 Å². The Morgan fingerprint density at radius 1 is 1.09 bits per heavy atom. The number of ether oxygens (including phenoxy) is 2. The fourth-order valence-corrected chi connectivity index (χ4v) is 4.96. The highest BCUT2D eigenvalue weighted by atomic mass is 32.2. The van der Waals surface area contributed by atoms with Gasteiger partial charge in [0.05, 0.1) is 25.3 Å². The van der Waals surface area contributed by atoms with Crippen molar-refractivity contribution in [1.82, 2.24) is 31.0 Å². The molecule has 3 aliphatic rings. The number of esters is 1. The summed E-state index contributed by atoms with van der Waals surface area (Å²) in [7, 11) is 2.57. The molecule has 47 heavy (non-hydrogen) atoms. The molecule has 1 amide bonds. The standard InChI is InChI=1S/C27H26F2N6O5S.3C2H6/c1-39-20-13-30-19(24(28)29)10-17(20)16-11-21(35-8-7-15(9-23(35)36)26(38)40-2)31-12-18(16)25(37)32-27-34-33-22(41-27)6-5-14-3-4-14;3*1-2/h7-14,19,22,24,27,30,33-34H,3-4H2,1-2H3,(H,32,37);3*1-2H3. The van der Waals surface area contributed by atoms with Crippen LogP contribution in [-0.4, -0.2) is 59.0 Å². The van der Waals surface area contributed by atoms with Crippen LogP contribution in [0.25, 0.3) is 11.4 Å². The van der Waals surface area contributed by atoms with Crippen LogP contribution in [-0.2, 0) is 9.47 Å². The number of nitrogens with one attached hydrogen (secondary N) is 4. The Bertz CT molecular complexity index is 1550. The van der Waals surface area contributed by atoms with Gasteiger partial charge in [-0.2, -0.15) is 0 Å². The second-order valence-electron chi connectivity index (χ2n) is 9.24. The number of hydrogen-bond donors (Lipinski definition) is 4. The minimum Gasteiger partial charge on any atom is -0.495 e. The molecular weight excluding hydrogens is 630 g/mol. The molecule has 1 saturated heterocycles. The highest BCUT2D eigenvalue weighted by molar-refractivity contribution is 8.00. The van der Waals surface area contributed by atoms with Crippen LogP contribution in [0.3, 0.4) is 0 Å². The molecule has 0 radical (unpaired) electrons. The monoisotopic (exact) mass is 674 g/mol. The van der Waals surface area contributed by atoms with E-state index < -0.39 is 35.4 Å². The molecule has 0 spiro atoms. The van der Waals surface area contributed by atoms with E-state index in [9.17, 15) is 23.2 Å². The first-order valence-corrected chi connectivity index (χ1v) is 16.5. The van der Waals surface area contributed by atoms with Gasteiger partial charge < -0.3 is 20.1 Å². The van der Waals surface area contributed by atoms with Crippen molar-refractivity contribution in [2.24, 2.45) is 5.92 Å². The molecule has 1 aliphatic carbocycles. The molecule has 2 aliphatic heterocycles. The molecule has 2 aromatic rings. The van der Waals surface area contributed by atoms with Crippen molar-refractivity contribution in [2.75, 3.05) is 14.2 Å². The van der Waals surface area contributed by atoms with Crippen molar-refractivity contribution in [3.8, 4) is 17.7 Å². The van der Waals surface area contributed by atoms with Crippen molar-refractivity contribution >= 4 is 29.2 Å². The number of nitrogens with zero attached hydrogens (tertiary/aromatic N) is 2. The predicted molar refractivity (Wildman–Crippen MR) is 181 cm³/mol. The third kappa shape index (κ3) is 10.4. The molecule has 2 aromatic heterocycles. The number of rotatable bonds is 7. The number of hydrogen-bond acceptors (Lipinski definition) is 10. The van der Waals surface area contributed by atoms with E-state index in [0.717, 1.165) is 23.5 Å². The minimum atomic E-state index is -2.74. The Hall–Kier alpha value is -4.19. The number of amides is 1. The number of carbonyl (C=O) groups excluding carboxylic acids is 2. The summed E-state index contributed by atoms with van der Waals surface area (Å²) in [6.45, 7) is 12.0. The molecule has 11 nitrogen and oxygen atoms in total. The third-order valence-corrected chi connectivity index (χ3v) is 7.41. The fraction of sp³-hybridized carbons (Fsp3) is 0.455. The summed E-state index contributed by atoms with van der Waals surface area (Å²) in [6.07, 6.45) is 4.60. The second kappa shape index (κ2) is 19.5. The van der Waals surface area contributed by atoms with Crippen LogP contribution in [0.2, 0.25) is 0 Å². The molecule has 0 bridgehead atoms. The molecule has 0 aromatic carbocycles. The van der Waals surface area contributed by atoms with Gasteiger partial charge in [-0.1, -0.05) is 65.1 Å². The van der Waals surface area contributed by atoms with Gasteiger partial charge in [-0.15, -0.1) is 0 Å². The Balaban J connectivity index is 0.00000121. The van der Waals surface area contributed by atoms with Crippen molar-refractivity contribution < 1.29 is 27.8 Å². The second-order valence-corrected chi connectivity index (χ2v) is 10.5. The summed E-state index contributed by atoms with van der Waals surface area (Å²) in [5.41, 5.74) is 5.39. The number of methoxy groups -OCH3 is 2. The maximum absolute atomic E-state index is 13.7. The fourth-order valence-electron chi connectivity index (χ4n) is 4.10. The Kier molecular flexibility index (Phi) is 16.1. The van der Waals surface area contributed by atoms with Crippen LogP contribution in [0.15, 0.2) is 53.4 Å². The average molecular weight is 675 g/mol. The molecule has 256 valence electrons. The third-order valence-electron chi connectivity index (χ3n) is 6.40. The number of allylic oxidation sites excluding steroid dienone is 1. The van der Waals surface area contributed by atoms with Gasteiger partial charge in [0, 0.05) is 41.7 Å². The normalized spacial score (nSPS) is 19.3. The van der Waals surface area contributed by atoms with Crippen molar-refractivity contribution in [3.05, 3.63) is 75.7 Å². The van der Waals surface area contributed by atoms with Gasteiger partial charge in [0.2, 0.25) is 0 Å². The predicted octanol–water partition coefficient (Wildman–Crippen LogP) is 4.80. The maximum atomic E-state index is 13.7. The number of pyridine rings is 2. The average Bonchev–Trinajstić information content (AvgIpc) is 3.85. The number of alkyl halides is 2. The lowest BCUT2D eigenvalue weighted by atomic mass is 9.95. The molecule has 4 N–H and O–H groups in total. The Morgan fingerprint density at radius 2 is 1.79 bits per heavy atom. The van der Waals surface area contributed by atoms with E-state index in [2.05, 4.69) is 43.0 Å². The summed E-state index contributed by atoms with van der Waals surface area (Å²) in [6, 6.07) is 2.55. The largest absolute Gasteiger partial charge is 0.495 e. The molecule has 4 heterocycles. The van der Waals surface area contributed by atoms with Gasteiger partial charge >= 0.3 is 5.97 Å². The van der Waals surface area contributed by atoms with Crippen molar-refractivity contribution in [2.45, 2.75) is 77.7 Å². The topological polar surface area (TPSA) is 136 Å². The number of hydrazine groups is 1. The Morgan fingerprint density at radius 3 is 2.38 bits per heavy atom. The maximum Gasteiger partial charge on any atom is 0.338 e. The first kappa shape index (κ1) is 39.0. The van der Waals surface area contributed by atoms with E-state index in [1.807, 2.05) is 41.5 Å².